The first kappa shape index (κ1) is 11.9. The van der Waals surface area contributed by atoms with Crippen molar-refractivity contribution in [2.75, 3.05) is 6.54 Å². The largest absolute Gasteiger partial charge is 0.421 e. The van der Waals surface area contributed by atoms with Crippen LogP contribution in [0.4, 0.5) is 0 Å². The van der Waals surface area contributed by atoms with Crippen LogP contribution < -0.4 is 0 Å². The molecule has 1 atom stereocenters. The molecule has 0 spiro atoms. The molecule has 1 saturated heterocycles. The predicted molar refractivity (Wildman–Crippen MR) is 69.2 cm³/mol. The lowest BCUT2D eigenvalue weighted by Crippen LogP contribution is -2.29. The summed E-state index contributed by atoms with van der Waals surface area (Å²) >= 11 is 0. The van der Waals surface area contributed by atoms with Gasteiger partial charge in [-0.1, -0.05) is 18.2 Å². The first-order valence-corrected chi connectivity index (χ1v) is 6.45. The van der Waals surface area contributed by atoms with E-state index in [9.17, 15) is 4.79 Å². The van der Waals surface area contributed by atoms with Crippen LogP contribution in [-0.2, 0) is 11.2 Å². The number of carbonyl (C=O) groups excluding carboxylic acids is 1. The Hall–Kier alpha value is -2.17. The van der Waals surface area contributed by atoms with E-state index < -0.39 is 0 Å². The summed E-state index contributed by atoms with van der Waals surface area (Å²) in [5.74, 6) is 1.13. The van der Waals surface area contributed by atoms with Crippen molar-refractivity contribution in [3.05, 3.63) is 36.2 Å². The van der Waals surface area contributed by atoms with E-state index in [1.165, 1.54) is 0 Å². The molecule has 1 aromatic carbocycles. The second-order valence-corrected chi connectivity index (χ2v) is 4.71. The molecular weight excluding hydrogens is 242 g/mol. The lowest BCUT2D eigenvalue weighted by Gasteiger charge is -2.17. The Morgan fingerprint density at radius 3 is 2.95 bits per heavy atom. The fourth-order valence-corrected chi connectivity index (χ4v) is 2.45. The Bertz CT molecular complexity index is 553. The smallest absolute Gasteiger partial charge is 0.247 e. The molecule has 1 aliphatic rings. The number of rotatable bonds is 4. The number of hydrogen-bond acceptors (Lipinski definition) is 4. The van der Waals surface area contributed by atoms with Crippen LogP contribution in [0.15, 0.2) is 34.7 Å². The van der Waals surface area contributed by atoms with Gasteiger partial charge in [-0.15, -0.1) is 10.2 Å². The third-order valence-corrected chi connectivity index (χ3v) is 3.46. The van der Waals surface area contributed by atoms with E-state index in [1.807, 2.05) is 35.2 Å². The molecule has 1 aromatic heterocycles. The van der Waals surface area contributed by atoms with E-state index in [0.29, 0.717) is 18.2 Å². The highest BCUT2D eigenvalue weighted by Crippen LogP contribution is 2.21. The first-order chi connectivity index (χ1) is 9.36. The summed E-state index contributed by atoms with van der Waals surface area (Å²) < 4.78 is 5.66. The van der Waals surface area contributed by atoms with Crippen LogP contribution in [0.3, 0.4) is 0 Å². The van der Waals surface area contributed by atoms with Crippen molar-refractivity contribution in [1.82, 2.24) is 15.1 Å². The maximum Gasteiger partial charge on any atom is 0.247 e. The van der Waals surface area contributed by atoms with Gasteiger partial charge >= 0.3 is 0 Å². The fraction of sp³-hybridized carbons (Fsp3) is 0.357. The van der Waals surface area contributed by atoms with E-state index in [-0.39, 0.29) is 6.04 Å². The van der Waals surface area contributed by atoms with Crippen LogP contribution in [0, 0.1) is 0 Å². The van der Waals surface area contributed by atoms with Gasteiger partial charge in [-0.3, -0.25) is 4.79 Å². The third kappa shape index (κ3) is 2.50. The van der Waals surface area contributed by atoms with Gasteiger partial charge in [0.05, 0.1) is 0 Å². The number of likely N-dealkylation sites (tertiary alicyclic amines) is 1. The van der Waals surface area contributed by atoms with Crippen LogP contribution in [-0.4, -0.2) is 34.1 Å². The van der Waals surface area contributed by atoms with Gasteiger partial charge in [-0.2, -0.15) is 0 Å². The number of carbonyl (C=O) groups is 1. The summed E-state index contributed by atoms with van der Waals surface area (Å²) in [4.78, 5) is 12.7. The molecule has 5 nitrogen and oxygen atoms in total. The first-order valence-electron chi connectivity index (χ1n) is 6.45. The quantitative estimate of drug-likeness (QED) is 0.785. The molecule has 5 heteroatoms. The van der Waals surface area contributed by atoms with Crippen LogP contribution in [0.5, 0.6) is 0 Å². The molecule has 2 heterocycles. The fourth-order valence-electron chi connectivity index (χ4n) is 2.45. The van der Waals surface area contributed by atoms with Crippen molar-refractivity contribution in [2.45, 2.75) is 25.3 Å². The minimum Gasteiger partial charge on any atom is -0.421 e. The summed E-state index contributed by atoms with van der Waals surface area (Å²) in [6.07, 6.45) is 3.59. The van der Waals surface area contributed by atoms with E-state index >= 15 is 0 Å². The van der Waals surface area contributed by atoms with E-state index in [1.54, 1.807) is 0 Å². The maximum absolute atomic E-state index is 10.9. The molecular formula is C14H15N3O2. The zero-order valence-electron chi connectivity index (χ0n) is 10.5. The topological polar surface area (TPSA) is 59.2 Å². The maximum atomic E-state index is 10.9. The second-order valence-electron chi connectivity index (χ2n) is 4.71. The summed E-state index contributed by atoms with van der Waals surface area (Å²) in [7, 11) is 0. The Kier molecular flexibility index (Phi) is 3.27. The second kappa shape index (κ2) is 5.22. The Balaban J connectivity index is 1.73. The molecule has 0 unspecified atom stereocenters. The number of amides is 1. The van der Waals surface area contributed by atoms with Gasteiger partial charge < -0.3 is 9.32 Å². The molecule has 0 N–H and O–H groups in total. The van der Waals surface area contributed by atoms with Crippen LogP contribution in [0.2, 0.25) is 0 Å². The van der Waals surface area contributed by atoms with Crippen molar-refractivity contribution in [3.8, 4) is 11.5 Å². The molecule has 1 aliphatic heterocycles. The molecule has 1 amide bonds. The lowest BCUT2D eigenvalue weighted by molar-refractivity contribution is -0.118. The number of benzene rings is 1. The Morgan fingerprint density at radius 1 is 1.32 bits per heavy atom. The van der Waals surface area contributed by atoms with E-state index in [0.717, 1.165) is 31.4 Å². The molecule has 3 rings (SSSR count). The van der Waals surface area contributed by atoms with Crippen LogP contribution in [0.1, 0.15) is 18.7 Å². The van der Waals surface area contributed by atoms with Gasteiger partial charge in [0.15, 0.2) is 0 Å². The highest BCUT2D eigenvalue weighted by molar-refractivity contribution is 5.51. The van der Waals surface area contributed by atoms with E-state index in [4.69, 9.17) is 4.42 Å². The Morgan fingerprint density at radius 2 is 2.16 bits per heavy atom. The summed E-state index contributed by atoms with van der Waals surface area (Å²) in [6.45, 7) is 0.827. The van der Waals surface area contributed by atoms with Gasteiger partial charge in [0.2, 0.25) is 18.2 Å². The summed E-state index contributed by atoms with van der Waals surface area (Å²) in [6, 6.07) is 9.88. The average molecular weight is 257 g/mol. The number of hydrogen-bond donors (Lipinski definition) is 0. The summed E-state index contributed by atoms with van der Waals surface area (Å²) in [5.41, 5.74) is 0.917. The van der Waals surface area contributed by atoms with Gasteiger partial charge in [-0.05, 0) is 25.0 Å². The monoisotopic (exact) mass is 257 g/mol. The van der Waals surface area contributed by atoms with Gasteiger partial charge in [0.1, 0.15) is 0 Å². The van der Waals surface area contributed by atoms with Crippen LogP contribution in [0.25, 0.3) is 11.5 Å². The lowest BCUT2D eigenvalue weighted by atomic mass is 10.1. The molecule has 98 valence electrons. The average Bonchev–Trinajstić information content (AvgIpc) is 3.09. The molecule has 0 aliphatic carbocycles. The normalized spacial score (nSPS) is 18.7. The van der Waals surface area contributed by atoms with E-state index in [2.05, 4.69) is 10.2 Å². The molecule has 0 bridgehead atoms. The molecule has 1 fully saturated rings. The molecule has 0 saturated carbocycles. The zero-order chi connectivity index (χ0) is 13.1. The van der Waals surface area contributed by atoms with Crippen molar-refractivity contribution < 1.29 is 9.21 Å². The SMILES string of the molecule is O=CN1CCC[C@H]1Cc1nnc(-c2ccccc2)o1. The minimum atomic E-state index is 0.196. The highest BCUT2D eigenvalue weighted by Gasteiger charge is 2.25. The van der Waals surface area contributed by atoms with Crippen molar-refractivity contribution >= 4 is 6.41 Å². The standard InChI is InChI=1S/C14H15N3O2/c18-10-17-8-4-7-12(17)9-13-15-16-14(19-13)11-5-2-1-3-6-11/h1-3,5-6,10,12H,4,7-9H2/t12-/m0/s1. The van der Waals surface area contributed by atoms with Crippen molar-refractivity contribution in [3.63, 3.8) is 0 Å². The number of nitrogens with zero attached hydrogens (tertiary/aromatic N) is 3. The molecule has 19 heavy (non-hydrogen) atoms. The highest BCUT2D eigenvalue weighted by atomic mass is 16.4. The predicted octanol–water partition coefficient (Wildman–Crippen LogP) is 1.90. The Labute approximate surface area is 111 Å². The van der Waals surface area contributed by atoms with Crippen LogP contribution >= 0.6 is 0 Å². The molecule has 2 aromatic rings. The van der Waals surface area contributed by atoms with Crippen molar-refractivity contribution in [2.24, 2.45) is 0 Å². The minimum absolute atomic E-state index is 0.196. The van der Waals surface area contributed by atoms with Gasteiger partial charge in [-0.25, -0.2) is 0 Å². The van der Waals surface area contributed by atoms with Crippen molar-refractivity contribution in [1.29, 1.82) is 0 Å². The van der Waals surface area contributed by atoms with Gasteiger partial charge in [0, 0.05) is 24.6 Å². The summed E-state index contributed by atoms with van der Waals surface area (Å²) in [5, 5.41) is 8.12. The number of aromatic nitrogens is 2. The zero-order valence-corrected chi connectivity index (χ0v) is 10.5. The van der Waals surface area contributed by atoms with Gasteiger partial charge in [0.25, 0.3) is 0 Å². The molecule has 0 radical (unpaired) electrons. The third-order valence-electron chi connectivity index (χ3n) is 3.46.